The SMILES string of the molecule is O=C(c1ccc(=O)[nH]c1)N1CCC[C@@H](c2cccc(Cc3ccccc3Cl)n2)C1. The fourth-order valence-corrected chi connectivity index (χ4v) is 3.99. The summed E-state index contributed by atoms with van der Waals surface area (Å²) in [5, 5.41) is 0.745. The molecule has 1 amide bonds. The van der Waals surface area contributed by atoms with Crippen LogP contribution >= 0.6 is 11.6 Å². The number of carbonyl (C=O) groups is 1. The molecule has 6 heteroatoms. The third-order valence-corrected chi connectivity index (χ3v) is 5.68. The number of nitrogens with zero attached hydrogens (tertiary/aromatic N) is 2. The molecular formula is C23H22ClN3O2. The largest absolute Gasteiger partial charge is 0.338 e. The second-order valence-corrected chi connectivity index (χ2v) is 7.76. The Morgan fingerprint density at radius 3 is 2.79 bits per heavy atom. The molecule has 1 N–H and O–H groups in total. The third-order valence-electron chi connectivity index (χ3n) is 5.32. The van der Waals surface area contributed by atoms with Gasteiger partial charge in [-0.25, -0.2) is 0 Å². The van der Waals surface area contributed by atoms with Crippen molar-refractivity contribution in [3.63, 3.8) is 0 Å². The Bertz CT molecular complexity index is 1060. The Labute approximate surface area is 174 Å². The fourth-order valence-electron chi connectivity index (χ4n) is 3.79. The summed E-state index contributed by atoms with van der Waals surface area (Å²) in [5.74, 6) is 0.139. The molecule has 3 heterocycles. The average molecular weight is 408 g/mol. The van der Waals surface area contributed by atoms with Gasteiger partial charge >= 0.3 is 0 Å². The van der Waals surface area contributed by atoms with Crippen molar-refractivity contribution in [3.8, 4) is 0 Å². The summed E-state index contributed by atoms with van der Waals surface area (Å²) >= 11 is 6.29. The zero-order valence-electron chi connectivity index (χ0n) is 16.0. The van der Waals surface area contributed by atoms with Crippen LogP contribution in [0, 0.1) is 0 Å². The number of likely N-dealkylation sites (tertiary alicyclic amines) is 1. The molecular weight excluding hydrogens is 386 g/mol. The second kappa shape index (κ2) is 8.62. The Morgan fingerprint density at radius 2 is 2.00 bits per heavy atom. The van der Waals surface area contributed by atoms with Crippen molar-refractivity contribution in [2.75, 3.05) is 13.1 Å². The number of aromatic amines is 1. The number of hydrogen-bond acceptors (Lipinski definition) is 3. The van der Waals surface area contributed by atoms with Crippen molar-refractivity contribution in [2.45, 2.75) is 25.2 Å². The number of amides is 1. The highest BCUT2D eigenvalue weighted by atomic mass is 35.5. The van der Waals surface area contributed by atoms with E-state index in [2.05, 4.69) is 4.98 Å². The molecule has 0 saturated carbocycles. The summed E-state index contributed by atoms with van der Waals surface area (Å²) in [5.41, 5.74) is 3.33. The van der Waals surface area contributed by atoms with Crippen LogP contribution in [0.2, 0.25) is 5.02 Å². The van der Waals surface area contributed by atoms with Gasteiger partial charge in [0.2, 0.25) is 5.56 Å². The van der Waals surface area contributed by atoms with Crippen LogP contribution in [-0.2, 0) is 6.42 Å². The lowest BCUT2D eigenvalue weighted by Crippen LogP contribution is -2.39. The zero-order valence-corrected chi connectivity index (χ0v) is 16.7. The van der Waals surface area contributed by atoms with E-state index in [1.54, 1.807) is 6.07 Å². The van der Waals surface area contributed by atoms with E-state index < -0.39 is 0 Å². The lowest BCUT2D eigenvalue weighted by Gasteiger charge is -2.32. The van der Waals surface area contributed by atoms with Crippen molar-refractivity contribution in [2.24, 2.45) is 0 Å². The monoisotopic (exact) mass is 407 g/mol. The standard InChI is InChI=1S/C23H22ClN3O2/c24-20-8-2-1-5-16(20)13-19-7-3-9-21(26-19)18-6-4-12-27(15-18)23(29)17-10-11-22(28)25-14-17/h1-3,5,7-11,14,18H,4,6,12-13,15H2,(H,25,28)/t18-/m1/s1. The highest BCUT2D eigenvalue weighted by molar-refractivity contribution is 6.31. The Hall–Kier alpha value is -2.92. The number of rotatable bonds is 4. The van der Waals surface area contributed by atoms with Gasteiger partial charge in [0.1, 0.15) is 0 Å². The number of aromatic nitrogens is 2. The first-order valence-electron chi connectivity index (χ1n) is 9.77. The molecule has 3 aromatic rings. The van der Waals surface area contributed by atoms with Crippen LogP contribution in [0.5, 0.6) is 0 Å². The van der Waals surface area contributed by atoms with E-state index in [-0.39, 0.29) is 17.4 Å². The van der Waals surface area contributed by atoms with Gasteiger partial charge in [0.05, 0.1) is 5.56 Å². The minimum atomic E-state index is -0.211. The van der Waals surface area contributed by atoms with Crippen molar-refractivity contribution in [3.05, 3.63) is 98.7 Å². The Morgan fingerprint density at radius 1 is 1.14 bits per heavy atom. The molecule has 1 fully saturated rings. The van der Waals surface area contributed by atoms with E-state index in [0.717, 1.165) is 34.8 Å². The van der Waals surface area contributed by atoms with Gasteiger partial charge in [0.15, 0.2) is 0 Å². The summed E-state index contributed by atoms with van der Waals surface area (Å²) in [7, 11) is 0. The van der Waals surface area contributed by atoms with E-state index in [9.17, 15) is 9.59 Å². The number of piperidine rings is 1. The molecule has 1 atom stereocenters. The normalized spacial score (nSPS) is 16.6. The van der Waals surface area contributed by atoms with E-state index in [1.807, 2.05) is 47.4 Å². The van der Waals surface area contributed by atoms with Crippen LogP contribution in [-0.4, -0.2) is 33.9 Å². The number of pyridine rings is 2. The summed E-state index contributed by atoms with van der Waals surface area (Å²) in [6, 6.07) is 16.8. The van der Waals surface area contributed by atoms with Crippen LogP contribution in [0.3, 0.4) is 0 Å². The lowest BCUT2D eigenvalue weighted by molar-refractivity contribution is 0.0705. The number of carbonyl (C=O) groups excluding carboxylic acids is 1. The maximum atomic E-state index is 12.8. The first kappa shape index (κ1) is 19.4. The maximum Gasteiger partial charge on any atom is 0.255 e. The summed E-state index contributed by atoms with van der Waals surface area (Å²) in [4.78, 5) is 33.3. The molecule has 0 spiro atoms. The Balaban J connectivity index is 1.49. The number of hydrogen-bond donors (Lipinski definition) is 1. The zero-order chi connectivity index (χ0) is 20.2. The predicted molar refractivity (Wildman–Crippen MR) is 113 cm³/mol. The molecule has 5 nitrogen and oxygen atoms in total. The fraction of sp³-hybridized carbons (Fsp3) is 0.261. The number of halogens is 1. The first-order valence-corrected chi connectivity index (χ1v) is 10.2. The third kappa shape index (κ3) is 4.57. The summed E-state index contributed by atoms with van der Waals surface area (Å²) in [6.07, 6.45) is 4.09. The Kier molecular flexibility index (Phi) is 5.76. The molecule has 0 unspecified atom stereocenters. The minimum absolute atomic E-state index is 0.0572. The lowest BCUT2D eigenvalue weighted by atomic mass is 9.93. The van der Waals surface area contributed by atoms with Gasteiger partial charge in [-0.2, -0.15) is 0 Å². The quantitative estimate of drug-likeness (QED) is 0.709. The molecule has 1 aliphatic rings. The first-order chi connectivity index (χ1) is 14.1. The molecule has 148 valence electrons. The highest BCUT2D eigenvalue weighted by Crippen LogP contribution is 2.27. The van der Waals surface area contributed by atoms with E-state index in [4.69, 9.17) is 16.6 Å². The summed E-state index contributed by atoms with van der Waals surface area (Å²) in [6.45, 7) is 1.34. The molecule has 0 bridgehead atoms. The van der Waals surface area contributed by atoms with E-state index in [1.165, 1.54) is 12.3 Å². The van der Waals surface area contributed by atoms with Gasteiger partial charge in [-0.1, -0.05) is 35.9 Å². The van der Waals surface area contributed by atoms with Crippen LogP contribution in [0.15, 0.2) is 65.6 Å². The van der Waals surface area contributed by atoms with Gasteiger partial charge < -0.3 is 9.88 Å². The number of benzene rings is 1. The topological polar surface area (TPSA) is 66.1 Å². The molecule has 1 aromatic carbocycles. The van der Waals surface area contributed by atoms with Gasteiger partial charge in [-0.05, 0) is 42.7 Å². The molecule has 29 heavy (non-hydrogen) atoms. The smallest absolute Gasteiger partial charge is 0.255 e. The van der Waals surface area contributed by atoms with Crippen LogP contribution in [0.1, 0.15) is 46.1 Å². The molecule has 0 radical (unpaired) electrons. The number of H-pyrrole nitrogens is 1. The highest BCUT2D eigenvalue weighted by Gasteiger charge is 2.26. The predicted octanol–water partition coefficient (Wildman–Crippen LogP) is 4.03. The second-order valence-electron chi connectivity index (χ2n) is 7.35. The van der Waals surface area contributed by atoms with E-state index >= 15 is 0 Å². The minimum Gasteiger partial charge on any atom is -0.338 e. The van der Waals surface area contributed by atoms with Crippen LogP contribution in [0.4, 0.5) is 0 Å². The van der Waals surface area contributed by atoms with Gasteiger partial charge in [-0.15, -0.1) is 0 Å². The molecule has 0 aliphatic carbocycles. The van der Waals surface area contributed by atoms with Crippen molar-refractivity contribution >= 4 is 17.5 Å². The van der Waals surface area contributed by atoms with Crippen LogP contribution < -0.4 is 5.56 Å². The van der Waals surface area contributed by atoms with Crippen molar-refractivity contribution in [1.29, 1.82) is 0 Å². The number of nitrogens with one attached hydrogen (secondary N) is 1. The van der Waals surface area contributed by atoms with E-state index in [0.29, 0.717) is 25.1 Å². The average Bonchev–Trinajstić information content (AvgIpc) is 2.76. The van der Waals surface area contributed by atoms with Gasteiger partial charge in [0, 0.05) is 54.1 Å². The summed E-state index contributed by atoms with van der Waals surface area (Å²) < 4.78 is 0. The molecule has 2 aromatic heterocycles. The van der Waals surface area contributed by atoms with Crippen molar-refractivity contribution in [1.82, 2.24) is 14.9 Å². The molecule has 4 rings (SSSR count). The maximum absolute atomic E-state index is 12.8. The van der Waals surface area contributed by atoms with Gasteiger partial charge in [-0.3, -0.25) is 14.6 Å². The van der Waals surface area contributed by atoms with Gasteiger partial charge in [0.25, 0.3) is 5.91 Å². The molecule has 1 aliphatic heterocycles. The van der Waals surface area contributed by atoms with Crippen LogP contribution in [0.25, 0.3) is 0 Å². The van der Waals surface area contributed by atoms with Crippen molar-refractivity contribution < 1.29 is 4.79 Å². The molecule has 1 saturated heterocycles.